The third kappa shape index (κ3) is 3.86. The van der Waals surface area contributed by atoms with Gasteiger partial charge in [0.25, 0.3) is 10.0 Å². The zero-order chi connectivity index (χ0) is 21.3. The quantitative estimate of drug-likeness (QED) is 0.491. The molecular formula is C21H14F2N4O2S. The molecule has 0 aliphatic rings. The van der Waals surface area contributed by atoms with E-state index in [0.29, 0.717) is 16.6 Å². The van der Waals surface area contributed by atoms with E-state index < -0.39 is 32.9 Å². The average Bonchev–Trinajstić information content (AvgIpc) is 3.18. The molecule has 2 heterocycles. The number of nitrogens with zero attached hydrogens (tertiary/aromatic N) is 2. The van der Waals surface area contributed by atoms with E-state index in [1.165, 1.54) is 18.3 Å². The van der Waals surface area contributed by atoms with Crippen molar-refractivity contribution in [1.29, 1.82) is 0 Å². The van der Waals surface area contributed by atoms with Crippen LogP contribution < -0.4 is 4.72 Å². The van der Waals surface area contributed by atoms with Crippen molar-refractivity contribution in [1.82, 2.24) is 15.2 Å². The van der Waals surface area contributed by atoms with Gasteiger partial charge in [0.2, 0.25) is 0 Å². The minimum absolute atomic E-state index is 0.0293. The standard InChI is InChI=1S/C21H14F2N4O2S/c1-13-3-2-4-16(9-13)30(28,29)27-19-8-7-18(22)17(20(19)23)6-5-14-10-15-12-25-26-21(15)24-11-14/h2-4,7-12,27H,1H3,(H,24,25,26). The van der Waals surface area contributed by atoms with Crippen molar-refractivity contribution in [3.05, 3.63) is 83.2 Å². The number of hydrogen-bond acceptors (Lipinski definition) is 4. The van der Waals surface area contributed by atoms with Crippen LogP contribution in [0.2, 0.25) is 0 Å². The van der Waals surface area contributed by atoms with Gasteiger partial charge >= 0.3 is 0 Å². The second-order valence-electron chi connectivity index (χ2n) is 6.49. The smallest absolute Gasteiger partial charge is 0.261 e. The zero-order valence-electron chi connectivity index (χ0n) is 15.6. The molecule has 4 aromatic rings. The molecule has 0 atom stereocenters. The second kappa shape index (κ2) is 7.57. The molecule has 0 saturated carbocycles. The molecule has 0 spiro atoms. The number of anilines is 1. The van der Waals surface area contributed by atoms with E-state index in [1.54, 1.807) is 31.3 Å². The van der Waals surface area contributed by atoms with Crippen LogP contribution >= 0.6 is 0 Å². The highest BCUT2D eigenvalue weighted by molar-refractivity contribution is 7.92. The minimum atomic E-state index is -4.05. The summed E-state index contributed by atoms with van der Waals surface area (Å²) in [7, 11) is -4.05. The lowest BCUT2D eigenvalue weighted by Crippen LogP contribution is -2.14. The van der Waals surface area contributed by atoms with Crippen molar-refractivity contribution in [3.8, 4) is 11.8 Å². The fraction of sp³-hybridized carbons (Fsp3) is 0.0476. The first-order valence-corrected chi connectivity index (χ1v) is 10.2. The van der Waals surface area contributed by atoms with Gasteiger partial charge in [-0.05, 0) is 42.8 Å². The van der Waals surface area contributed by atoms with Crippen LogP contribution in [0, 0.1) is 30.4 Å². The predicted molar refractivity (Wildman–Crippen MR) is 108 cm³/mol. The van der Waals surface area contributed by atoms with Gasteiger partial charge in [0, 0.05) is 17.1 Å². The number of nitrogens with one attached hydrogen (secondary N) is 2. The highest BCUT2D eigenvalue weighted by Gasteiger charge is 2.19. The maximum absolute atomic E-state index is 14.9. The normalized spacial score (nSPS) is 11.2. The van der Waals surface area contributed by atoms with E-state index in [0.717, 1.165) is 17.7 Å². The molecule has 2 aromatic heterocycles. The Kier molecular flexibility index (Phi) is 4.93. The first-order valence-electron chi connectivity index (χ1n) is 8.72. The number of halogens is 2. The molecule has 0 bridgehead atoms. The highest BCUT2D eigenvalue weighted by atomic mass is 32.2. The number of aromatic nitrogens is 3. The van der Waals surface area contributed by atoms with Crippen LogP contribution in [0.4, 0.5) is 14.5 Å². The molecule has 30 heavy (non-hydrogen) atoms. The Bertz CT molecular complexity index is 1440. The molecule has 4 rings (SSSR count). The lowest BCUT2D eigenvalue weighted by molar-refractivity contribution is 0.578. The number of benzene rings is 2. The van der Waals surface area contributed by atoms with Crippen LogP contribution in [0.5, 0.6) is 0 Å². The number of pyridine rings is 1. The van der Waals surface area contributed by atoms with Crippen LogP contribution in [0.25, 0.3) is 11.0 Å². The third-order valence-electron chi connectivity index (χ3n) is 4.26. The van der Waals surface area contributed by atoms with Crippen molar-refractivity contribution in [2.24, 2.45) is 0 Å². The zero-order valence-corrected chi connectivity index (χ0v) is 16.4. The van der Waals surface area contributed by atoms with Gasteiger partial charge in [-0.25, -0.2) is 22.2 Å². The van der Waals surface area contributed by atoms with Gasteiger partial charge in [0.1, 0.15) is 5.82 Å². The summed E-state index contributed by atoms with van der Waals surface area (Å²) in [5.41, 5.74) is 0.767. The Hall–Kier alpha value is -3.77. The Morgan fingerprint density at radius 1 is 1.07 bits per heavy atom. The Balaban J connectivity index is 1.69. The lowest BCUT2D eigenvalue weighted by atomic mass is 10.1. The molecule has 150 valence electrons. The Labute approximate surface area is 171 Å². The van der Waals surface area contributed by atoms with Gasteiger partial charge in [-0.15, -0.1) is 0 Å². The van der Waals surface area contributed by atoms with Crippen molar-refractivity contribution in [2.45, 2.75) is 11.8 Å². The number of fused-ring (bicyclic) bond motifs is 1. The number of H-pyrrole nitrogens is 1. The van der Waals surface area contributed by atoms with E-state index in [2.05, 4.69) is 31.7 Å². The van der Waals surface area contributed by atoms with Gasteiger partial charge in [-0.2, -0.15) is 5.10 Å². The molecule has 2 N–H and O–H groups in total. The van der Waals surface area contributed by atoms with Crippen molar-refractivity contribution >= 4 is 26.7 Å². The fourth-order valence-electron chi connectivity index (χ4n) is 2.77. The van der Waals surface area contributed by atoms with Gasteiger partial charge in [0.15, 0.2) is 11.5 Å². The summed E-state index contributed by atoms with van der Waals surface area (Å²) in [6.45, 7) is 1.74. The monoisotopic (exact) mass is 424 g/mol. The summed E-state index contributed by atoms with van der Waals surface area (Å²) in [5, 5.41) is 7.23. The summed E-state index contributed by atoms with van der Waals surface area (Å²) in [6.07, 6.45) is 2.99. The summed E-state index contributed by atoms with van der Waals surface area (Å²) in [4.78, 5) is 4.08. The van der Waals surface area contributed by atoms with Gasteiger partial charge in [-0.3, -0.25) is 9.82 Å². The van der Waals surface area contributed by atoms with Crippen LogP contribution in [0.1, 0.15) is 16.7 Å². The first-order chi connectivity index (χ1) is 14.3. The largest absolute Gasteiger partial charge is 0.277 e. The summed E-state index contributed by atoms with van der Waals surface area (Å²) in [5.74, 6) is 3.06. The minimum Gasteiger partial charge on any atom is -0.277 e. The molecule has 0 fully saturated rings. The van der Waals surface area contributed by atoms with Crippen LogP contribution in [-0.4, -0.2) is 23.6 Å². The molecule has 2 aromatic carbocycles. The highest BCUT2D eigenvalue weighted by Crippen LogP contribution is 2.24. The van der Waals surface area contributed by atoms with Crippen molar-refractivity contribution in [2.75, 3.05) is 4.72 Å². The summed E-state index contributed by atoms with van der Waals surface area (Å²) >= 11 is 0. The number of rotatable bonds is 3. The van der Waals surface area contributed by atoms with E-state index in [4.69, 9.17) is 0 Å². The Morgan fingerprint density at radius 3 is 2.70 bits per heavy atom. The molecule has 0 amide bonds. The van der Waals surface area contributed by atoms with Gasteiger partial charge in [-0.1, -0.05) is 24.0 Å². The number of hydrogen-bond donors (Lipinski definition) is 2. The third-order valence-corrected chi connectivity index (χ3v) is 5.62. The molecule has 0 unspecified atom stereocenters. The molecule has 0 aliphatic heterocycles. The molecule has 0 saturated heterocycles. The predicted octanol–water partition coefficient (Wildman–Crippen LogP) is 3.75. The number of aromatic amines is 1. The van der Waals surface area contributed by atoms with Gasteiger partial charge < -0.3 is 0 Å². The molecule has 6 nitrogen and oxygen atoms in total. The summed E-state index contributed by atoms with van der Waals surface area (Å²) in [6, 6.07) is 9.79. The second-order valence-corrected chi connectivity index (χ2v) is 8.17. The van der Waals surface area contributed by atoms with E-state index in [9.17, 15) is 17.2 Å². The fourth-order valence-corrected chi connectivity index (χ4v) is 3.94. The topological polar surface area (TPSA) is 87.7 Å². The van der Waals surface area contributed by atoms with Crippen LogP contribution in [0.3, 0.4) is 0 Å². The Morgan fingerprint density at radius 2 is 1.90 bits per heavy atom. The van der Waals surface area contributed by atoms with Crippen molar-refractivity contribution < 1.29 is 17.2 Å². The van der Waals surface area contributed by atoms with E-state index in [-0.39, 0.29) is 4.90 Å². The maximum Gasteiger partial charge on any atom is 0.261 e. The number of sulfonamides is 1. The van der Waals surface area contributed by atoms with E-state index in [1.807, 2.05) is 0 Å². The maximum atomic E-state index is 14.9. The number of aryl methyl sites for hydroxylation is 1. The van der Waals surface area contributed by atoms with Crippen LogP contribution in [0.15, 0.2) is 59.8 Å². The van der Waals surface area contributed by atoms with Gasteiger partial charge in [0.05, 0.1) is 22.3 Å². The summed E-state index contributed by atoms with van der Waals surface area (Å²) < 4.78 is 56.3. The molecular weight excluding hydrogens is 410 g/mol. The van der Waals surface area contributed by atoms with E-state index >= 15 is 0 Å². The SMILES string of the molecule is Cc1cccc(S(=O)(=O)Nc2ccc(F)c(C#Cc3cnc4[nH]ncc4c3)c2F)c1. The van der Waals surface area contributed by atoms with Crippen molar-refractivity contribution in [3.63, 3.8) is 0 Å². The molecule has 9 heteroatoms. The lowest BCUT2D eigenvalue weighted by Gasteiger charge is -2.10. The molecule has 0 aliphatic carbocycles. The first kappa shape index (κ1) is 19.5. The molecule has 0 radical (unpaired) electrons. The average molecular weight is 424 g/mol. The van der Waals surface area contributed by atoms with Crippen LogP contribution in [-0.2, 0) is 10.0 Å².